The minimum absolute atomic E-state index is 0.187. The fourth-order valence-electron chi connectivity index (χ4n) is 2.04. The van der Waals surface area contributed by atoms with Gasteiger partial charge in [-0.3, -0.25) is 4.99 Å². The zero-order valence-corrected chi connectivity index (χ0v) is 14.4. The molecule has 1 aromatic heterocycles. The van der Waals surface area contributed by atoms with Crippen molar-refractivity contribution in [3.05, 3.63) is 57.5 Å². The Kier molecular flexibility index (Phi) is 6.74. The summed E-state index contributed by atoms with van der Waals surface area (Å²) in [4.78, 5) is 5.47. The van der Waals surface area contributed by atoms with Gasteiger partial charge in [-0.1, -0.05) is 12.1 Å². The molecular formula is C16H20FN3S2. The van der Waals surface area contributed by atoms with E-state index in [1.54, 1.807) is 36.2 Å². The van der Waals surface area contributed by atoms with Gasteiger partial charge in [-0.25, -0.2) is 4.39 Å². The first-order valence-corrected chi connectivity index (χ1v) is 9.23. The quantitative estimate of drug-likeness (QED) is 0.624. The molecule has 0 aliphatic rings. The standard InChI is InChI=1S/C16H20FN3S2/c1-18-16(20-10-15-4-3-7-22-15)19-9-12-5-6-14(17)8-13(12)11-21-2/h3-8H,9-11H2,1-2H3,(H2,18,19,20). The van der Waals surface area contributed by atoms with Crippen LogP contribution in [-0.4, -0.2) is 19.3 Å². The lowest BCUT2D eigenvalue weighted by atomic mass is 10.1. The summed E-state index contributed by atoms with van der Waals surface area (Å²) < 4.78 is 13.3. The third kappa shape index (κ3) is 5.03. The number of hydrogen-bond acceptors (Lipinski definition) is 3. The third-order valence-electron chi connectivity index (χ3n) is 3.15. The van der Waals surface area contributed by atoms with Crippen LogP contribution >= 0.6 is 23.1 Å². The minimum atomic E-state index is -0.187. The monoisotopic (exact) mass is 337 g/mol. The van der Waals surface area contributed by atoms with Gasteiger partial charge in [0, 0.05) is 24.2 Å². The Morgan fingerprint density at radius 2 is 2.05 bits per heavy atom. The number of rotatable bonds is 6. The molecule has 0 aliphatic carbocycles. The Morgan fingerprint density at radius 1 is 1.23 bits per heavy atom. The van der Waals surface area contributed by atoms with Gasteiger partial charge >= 0.3 is 0 Å². The maximum atomic E-state index is 13.3. The lowest BCUT2D eigenvalue weighted by Gasteiger charge is -2.13. The molecule has 0 saturated carbocycles. The zero-order chi connectivity index (χ0) is 15.8. The highest BCUT2D eigenvalue weighted by molar-refractivity contribution is 7.97. The van der Waals surface area contributed by atoms with E-state index in [0.29, 0.717) is 6.54 Å². The molecule has 1 aromatic carbocycles. The largest absolute Gasteiger partial charge is 0.352 e. The first kappa shape index (κ1) is 16.8. The van der Waals surface area contributed by atoms with E-state index < -0.39 is 0 Å². The van der Waals surface area contributed by atoms with Gasteiger partial charge in [0.2, 0.25) is 0 Å². The van der Waals surface area contributed by atoms with Crippen LogP contribution in [0.5, 0.6) is 0 Å². The molecule has 2 N–H and O–H groups in total. The molecule has 1 heterocycles. The Labute approximate surface area is 139 Å². The van der Waals surface area contributed by atoms with Crippen molar-refractivity contribution in [2.45, 2.75) is 18.8 Å². The summed E-state index contributed by atoms with van der Waals surface area (Å²) >= 11 is 3.40. The maximum Gasteiger partial charge on any atom is 0.191 e. The molecule has 3 nitrogen and oxygen atoms in total. The van der Waals surface area contributed by atoms with Gasteiger partial charge in [-0.2, -0.15) is 11.8 Å². The Balaban J connectivity index is 1.92. The molecule has 0 atom stereocenters. The van der Waals surface area contributed by atoms with Crippen molar-refractivity contribution in [2.24, 2.45) is 4.99 Å². The smallest absolute Gasteiger partial charge is 0.191 e. The fourth-order valence-corrected chi connectivity index (χ4v) is 3.26. The van der Waals surface area contributed by atoms with Crippen molar-refractivity contribution in [1.82, 2.24) is 10.6 Å². The number of hydrogen-bond donors (Lipinski definition) is 2. The fraction of sp³-hybridized carbons (Fsp3) is 0.312. The predicted molar refractivity (Wildman–Crippen MR) is 95.0 cm³/mol. The number of nitrogens with one attached hydrogen (secondary N) is 2. The molecule has 0 spiro atoms. The number of benzene rings is 1. The van der Waals surface area contributed by atoms with Gasteiger partial charge in [0.05, 0.1) is 6.54 Å². The number of halogens is 1. The molecule has 0 unspecified atom stereocenters. The van der Waals surface area contributed by atoms with Crippen LogP contribution in [-0.2, 0) is 18.8 Å². The second-order valence-corrected chi connectivity index (χ2v) is 6.60. The van der Waals surface area contributed by atoms with Crippen LogP contribution in [0.4, 0.5) is 4.39 Å². The lowest BCUT2D eigenvalue weighted by Crippen LogP contribution is -2.36. The van der Waals surface area contributed by atoms with E-state index in [0.717, 1.165) is 29.4 Å². The molecule has 0 radical (unpaired) electrons. The van der Waals surface area contributed by atoms with Crippen LogP contribution in [0.3, 0.4) is 0 Å². The molecule has 2 aromatic rings. The van der Waals surface area contributed by atoms with Crippen LogP contribution in [0, 0.1) is 5.82 Å². The van der Waals surface area contributed by atoms with Crippen LogP contribution in [0.15, 0.2) is 40.7 Å². The summed E-state index contributed by atoms with van der Waals surface area (Å²) in [5.74, 6) is 1.36. The Morgan fingerprint density at radius 3 is 2.73 bits per heavy atom. The third-order valence-corrected chi connectivity index (χ3v) is 4.62. The van der Waals surface area contributed by atoms with Crippen molar-refractivity contribution in [3.8, 4) is 0 Å². The minimum Gasteiger partial charge on any atom is -0.352 e. The molecule has 2 rings (SSSR count). The molecule has 0 bridgehead atoms. The Hall–Kier alpha value is -1.53. The van der Waals surface area contributed by atoms with Crippen molar-refractivity contribution < 1.29 is 4.39 Å². The van der Waals surface area contributed by atoms with Crippen LogP contribution in [0.1, 0.15) is 16.0 Å². The molecule has 0 fully saturated rings. The molecular weight excluding hydrogens is 317 g/mol. The average molecular weight is 337 g/mol. The molecule has 0 amide bonds. The first-order chi connectivity index (χ1) is 10.7. The van der Waals surface area contributed by atoms with E-state index in [9.17, 15) is 4.39 Å². The molecule has 118 valence electrons. The predicted octanol–water partition coefficient (Wildman–Crippen LogP) is 3.62. The summed E-state index contributed by atoms with van der Waals surface area (Å²) in [6.45, 7) is 1.37. The summed E-state index contributed by atoms with van der Waals surface area (Å²) in [6.07, 6.45) is 2.02. The van der Waals surface area contributed by atoms with E-state index in [1.165, 1.54) is 10.9 Å². The van der Waals surface area contributed by atoms with Crippen molar-refractivity contribution in [3.63, 3.8) is 0 Å². The van der Waals surface area contributed by atoms with E-state index >= 15 is 0 Å². The number of thiophene rings is 1. The highest BCUT2D eigenvalue weighted by Gasteiger charge is 2.05. The molecule has 0 aliphatic heterocycles. The molecule has 0 saturated heterocycles. The van der Waals surface area contributed by atoms with Crippen LogP contribution in [0.25, 0.3) is 0 Å². The van der Waals surface area contributed by atoms with Crippen molar-refractivity contribution in [2.75, 3.05) is 13.3 Å². The number of aliphatic imine (C=N–C) groups is 1. The summed E-state index contributed by atoms with van der Waals surface area (Å²) in [7, 11) is 1.75. The van der Waals surface area contributed by atoms with E-state index in [-0.39, 0.29) is 5.82 Å². The average Bonchev–Trinajstić information content (AvgIpc) is 3.03. The summed E-state index contributed by atoms with van der Waals surface area (Å²) in [5.41, 5.74) is 2.11. The van der Waals surface area contributed by atoms with Gasteiger partial charge in [0.15, 0.2) is 5.96 Å². The Bertz CT molecular complexity index is 612. The molecule has 22 heavy (non-hydrogen) atoms. The topological polar surface area (TPSA) is 36.4 Å². The molecule has 6 heteroatoms. The zero-order valence-electron chi connectivity index (χ0n) is 12.7. The summed E-state index contributed by atoms with van der Waals surface area (Å²) in [5, 5.41) is 8.61. The second-order valence-electron chi connectivity index (χ2n) is 4.70. The van der Waals surface area contributed by atoms with E-state index in [1.807, 2.05) is 18.4 Å². The van der Waals surface area contributed by atoms with Crippen molar-refractivity contribution in [1.29, 1.82) is 0 Å². The van der Waals surface area contributed by atoms with Crippen molar-refractivity contribution >= 4 is 29.1 Å². The normalized spacial score (nSPS) is 11.5. The lowest BCUT2D eigenvalue weighted by molar-refractivity contribution is 0.625. The van der Waals surface area contributed by atoms with Gasteiger partial charge in [-0.05, 0) is 41.0 Å². The van der Waals surface area contributed by atoms with Crippen LogP contribution in [0.2, 0.25) is 0 Å². The number of thioether (sulfide) groups is 1. The maximum absolute atomic E-state index is 13.3. The highest BCUT2D eigenvalue weighted by Crippen LogP contribution is 2.16. The van der Waals surface area contributed by atoms with E-state index in [2.05, 4.69) is 27.1 Å². The number of guanidine groups is 1. The van der Waals surface area contributed by atoms with E-state index in [4.69, 9.17) is 0 Å². The second kappa shape index (κ2) is 8.80. The summed E-state index contributed by atoms with van der Waals surface area (Å²) in [6, 6.07) is 9.06. The van der Waals surface area contributed by atoms with Crippen LogP contribution < -0.4 is 10.6 Å². The number of nitrogens with zero attached hydrogens (tertiary/aromatic N) is 1. The van der Waals surface area contributed by atoms with Gasteiger partial charge < -0.3 is 10.6 Å². The highest BCUT2D eigenvalue weighted by atomic mass is 32.2. The van der Waals surface area contributed by atoms with Gasteiger partial charge in [0.1, 0.15) is 5.82 Å². The SMILES string of the molecule is CN=C(NCc1cccs1)NCc1ccc(F)cc1CSC. The first-order valence-electron chi connectivity index (χ1n) is 6.96. The van der Waals surface area contributed by atoms with Gasteiger partial charge in [-0.15, -0.1) is 11.3 Å². The van der Waals surface area contributed by atoms with Gasteiger partial charge in [0.25, 0.3) is 0 Å².